The molecule has 2 N–H and O–H groups in total. The summed E-state index contributed by atoms with van der Waals surface area (Å²) in [5.74, 6) is 1.16. The second-order valence-electron chi connectivity index (χ2n) is 10.9. The van der Waals surface area contributed by atoms with Crippen LogP contribution in [0.5, 0.6) is 0 Å². The number of aryl methyl sites for hydroxylation is 1. The summed E-state index contributed by atoms with van der Waals surface area (Å²) < 4.78 is 36.0. The zero-order valence-electron chi connectivity index (χ0n) is 22.2. The highest BCUT2D eigenvalue weighted by Gasteiger charge is 2.40. The fraction of sp³-hybridized carbons (Fsp3) is 0.464. The van der Waals surface area contributed by atoms with E-state index in [1.807, 2.05) is 0 Å². The highest BCUT2D eigenvalue weighted by molar-refractivity contribution is 7.89. The number of benzene rings is 2. The molecule has 0 saturated heterocycles. The van der Waals surface area contributed by atoms with E-state index in [4.69, 9.17) is 14.0 Å². The second kappa shape index (κ2) is 11.9. The predicted molar refractivity (Wildman–Crippen MR) is 148 cm³/mol. The number of sulfonamides is 1. The van der Waals surface area contributed by atoms with Crippen LogP contribution in [0.1, 0.15) is 70.4 Å². The molecule has 36 heavy (non-hydrogen) atoms. The summed E-state index contributed by atoms with van der Waals surface area (Å²) in [7, 11) is -5.79. The molecular formula is C28H40N2O4SSi. The van der Waals surface area contributed by atoms with E-state index in [1.165, 1.54) is 30.5 Å². The van der Waals surface area contributed by atoms with Crippen LogP contribution in [-0.4, -0.2) is 21.7 Å². The first-order chi connectivity index (χ1) is 16.9. The molecule has 3 rings (SSSR count). The topological polar surface area (TPSA) is 95.4 Å². The van der Waals surface area contributed by atoms with Gasteiger partial charge in [-0.1, -0.05) is 70.4 Å². The molecule has 0 aliphatic heterocycles. The molecule has 6 nitrogen and oxygen atoms in total. The lowest BCUT2D eigenvalue weighted by Gasteiger charge is -2.38. The van der Waals surface area contributed by atoms with E-state index < -0.39 is 18.3 Å². The van der Waals surface area contributed by atoms with Crippen LogP contribution in [0.4, 0.5) is 0 Å². The Hall–Kier alpha value is -2.26. The number of nitrogens with two attached hydrogens (primary N) is 1. The van der Waals surface area contributed by atoms with Crippen molar-refractivity contribution in [1.82, 2.24) is 4.98 Å². The maximum Gasteiger partial charge on any atom is 0.238 e. The van der Waals surface area contributed by atoms with Crippen molar-refractivity contribution in [2.45, 2.75) is 88.4 Å². The Morgan fingerprint density at radius 2 is 1.61 bits per heavy atom. The Morgan fingerprint density at radius 3 is 2.22 bits per heavy atom. The normalized spacial score (nSPS) is 13.6. The van der Waals surface area contributed by atoms with Gasteiger partial charge in [-0.2, -0.15) is 0 Å². The van der Waals surface area contributed by atoms with Crippen LogP contribution < -0.4 is 5.14 Å². The molecule has 3 aromatic rings. The van der Waals surface area contributed by atoms with Crippen molar-refractivity contribution < 1.29 is 17.3 Å². The molecule has 0 bridgehead atoms. The van der Waals surface area contributed by atoms with Crippen LogP contribution in [0.25, 0.3) is 11.3 Å². The number of rotatable bonds is 12. The minimum atomic E-state index is -3.74. The number of oxazole rings is 1. The van der Waals surface area contributed by atoms with E-state index in [0.29, 0.717) is 11.7 Å². The van der Waals surface area contributed by atoms with Gasteiger partial charge in [0.15, 0.2) is 14.1 Å². The maximum atomic E-state index is 11.6. The van der Waals surface area contributed by atoms with Gasteiger partial charge >= 0.3 is 0 Å². The van der Waals surface area contributed by atoms with Gasteiger partial charge in [0.2, 0.25) is 15.9 Å². The van der Waals surface area contributed by atoms with Gasteiger partial charge in [0.05, 0.1) is 11.1 Å². The molecule has 1 unspecified atom stereocenters. The van der Waals surface area contributed by atoms with Gasteiger partial charge in [-0.3, -0.25) is 0 Å². The van der Waals surface area contributed by atoms with E-state index in [9.17, 15) is 8.42 Å². The third kappa shape index (κ3) is 7.87. The van der Waals surface area contributed by atoms with E-state index in [0.717, 1.165) is 31.2 Å². The lowest BCUT2D eigenvalue weighted by atomic mass is 10.0. The number of aromatic nitrogens is 1. The molecule has 2 aromatic carbocycles. The zero-order valence-corrected chi connectivity index (χ0v) is 24.0. The molecule has 0 amide bonds. The van der Waals surface area contributed by atoms with E-state index in [1.54, 1.807) is 18.3 Å². The van der Waals surface area contributed by atoms with Crippen LogP contribution in [0, 0.1) is 0 Å². The average Bonchev–Trinajstić information content (AvgIpc) is 3.30. The number of nitrogens with zero attached hydrogens (tertiary/aromatic N) is 1. The molecule has 1 aromatic heterocycles. The Kier molecular flexibility index (Phi) is 9.32. The Balaban J connectivity index is 1.67. The molecule has 196 valence electrons. The fourth-order valence-electron chi connectivity index (χ4n) is 3.80. The Labute approximate surface area is 217 Å². The van der Waals surface area contributed by atoms with Gasteiger partial charge < -0.3 is 8.84 Å². The summed E-state index contributed by atoms with van der Waals surface area (Å²) in [6, 6.07) is 16.9. The molecule has 0 aliphatic carbocycles. The molecule has 1 atom stereocenters. The highest BCUT2D eigenvalue weighted by Crippen LogP contribution is 2.41. The van der Waals surface area contributed by atoms with Crippen molar-refractivity contribution in [3.63, 3.8) is 0 Å². The van der Waals surface area contributed by atoms with Gasteiger partial charge in [0.1, 0.15) is 6.10 Å². The van der Waals surface area contributed by atoms with Gasteiger partial charge in [0.25, 0.3) is 0 Å². The Bertz CT molecular complexity index is 1200. The van der Waals surface area contributed by atoms with Crippen LogP contribution in [0.2, 0.25) is 18.1 Å². The highest BCUT2D eigenvalue weighted by atomic mass is 32.2. The van der Waals surface area contributed by atoms with Crippen LogP contribution in [0.3, 0.4) is 0 Å². The standard InChI is InChI=1S/C28H40N2O4SSi/c1-28(2,3)36(4,5)34-25(16-12-7-6-9-13-22-14-10-8-11-15-22)27-30-21-26(33-27)23-17-19-24(20-18-23)35(29,31)32/h8,10-11,14-15,17-21,25H,6-7,9,12-13,16H2,1-5H3,(H2,29,31,32). The zero-order chi connectivity index (χ0) is 26.4. The number of hydrogen-bond donors (Lipinski definition) is 1. The number of primary sulfonamides is 1. The predicted octanol–water partition coefficient (Wildman–Crippen LogP) is 7.25. The van der Waals surface area contributed by atoms with E-state index in [2.05, 4.69) is 69.2 Å². The van der Waals surface area contributed by atoms with E-state index >= 15 is 0 Å². The molecule has 0 saturated carbocycles. The molecule has 0 radical (unpaired) electrons. The van der Waals surface area contributed by atoms with Crippen molar-refractivity contribution in [2.75, 3.05) is 0 Å². The molecule has 0 fully saturated rings. The molecule has 0 spiro atoms. The van der Waals surface area contributed by atoms with Crippen LogP contribution in [-0.2, 0) is 20.9 Å². The monoisotopic (exact) mass is 528 g/mol. The summed E-state index contributed by atoms with van der Waals surface area (Å²) >= 11 is 0. The second-order valence-corrected chi connectivity index (χ2v) is 17.3. The smallest absolute Gasteiger partial charge is 0.238 e. The number of hydrogen-bond acceptors (Lipinski definition) is 5. The minimum Gasteiger partial charge on any atom is -0.438 e. The third-order valence-electron chi connectivity index (χ3n) is 7.03. The molecular weight excluding hydrogens is 488 g/mol. The quantitative estimate of drug-likeness (QED) is 0.197. The van der Waals surface area contributed by atoms with Crippen LogP contribution >= 0.6 is 0 Å². The van der Waals surface area contributed by atoms with Crippen molar-refractivity contribution in [2.24, 2.45) is 5.14 Å². The van der Waals surface area contributed by atoms with E-state index in [-0.39, 0.29) is 16.0 Å². The van der Waals surface area contributed by atoms with Crippen molar-refractivity contribution in [3.8, 4) is 11.3 Å². The lowest BCUT2D eigenvalue weighted by Crippen LogP contribution is -2.41. The molecule has 0 aliphatic rings. The average molecular weight is 529 g/mol. The summed E-state index contributed by atoms with van der Waals surface area (Å²) in [6.45, 7) is 11.2. The van der Waals surface area contributed by atoms with Gasteiger partial charge in [0, 0.05) is 5.56 Å². The van der Waals surface area contributed by atoms with Crippen LogP contribution in [0.15, 0.2) is 70.1 Å². The minimum absolute atomic E-state index is 0.0670. The third-order valence-corrected chi connectivity index (χ3v) is 12.4. The van der Waals surface area contributed by atoms with Gasteiger partial charge in [-0.15, -0.1) is 0 Å². The largest absolute Gasteiger partial charge is 0.438 e. The van der Waals surface area contributed by atoms with Gasteiger partial charge in [-0.25, -0.2) is 18.5 Å². The fourth-order valence-corrected chi connectivity index (χ4v) is 5.60. The lowest BCUT2D eigenvalue weighted by molar-refractivity contribution is 0.139. The summed E-state index contributed by atoms with van der Waals surface area (Å²) in [5, 5.41) is 5.28. The summed E-state index contributed by atoms with van der Waals surface area (Å²) in [4.78, 5) is 4.64. The van der Waals surface area contributed by atoms with Crippen molar-refractivity contribution >= 4 is 18.3 Å². The summed E-state index contributed by atoms with van der Waals surface area (Å²) in [5.41, 5.74) is 2.13. The van der Waals surface area contributed by atoms with Crippen molar-refractivity contribution in [1.29, 1.82) is 0 Å². The summed E-state index contributed by atoms with van der Waals surface area (Å²) in [6.07, 6.45) is 7.95. The Morgan fingerprint density at radius 1 is 0.972 bits per heavy atom. The first-order valence-corrected chi connectivity index (χ1v) is 17.1. The molecule has 8 heteroatoms. The number of unbranched alkanes of at least 4 members (excludes halogenated alkanes) is 3. The SMILES string of the molecule is CC(C)(C)[Si](C)(C)OC(CCCCCCc1ccccc1)c1ncc(-c2ccc(S(N)(=O)=O)cc2)o1. The van der Waals surface area contributed by atoms with Crippen molar-refractivity contribution in [3.05, 3.63) is 72.2 Å². The first-order valence-electron chi connectivity index (χ1n) is 12.7. The van der Waals surface area contributed by atoms with Gasteiger partial charge in [-0.05, 0) is 67.2 Å². The molecule has 1 heterocycles. The maximum absolute atomic E-state index is 11.6. The first kappa shape index (κ1) is 28.3.